The van der Waals surface area contributed by atoms with E-state index in [0.29, 0.717) is 19.7 Å². The third-order valence-electron chi connectivity index (χ3n) is 3.90. The van der Waals surface area contributed by atoms with Gasteiger partial charge in [-0.05, 0) is 38.1 Å². The molecule has 0 amide bonds. The lowest BCUT2D eigenvalue weighted by Gasteiger charge is -2.36. The van der Waals surface area contributed by atoms with Crippen LogP contribution in [0.2, 0.25) is 0 Å². The normalized spacial score (nSPS) is 18.6. The number of hydrogen-bond donors (Lipinski definition) is 0. The van der Waals surface area contributed by atoms with Gasteiger partial charge in [0.1, 0.15) is 11.9 Å². The first-order valence-corrected chi connectivity index (χ1v) is 8.96. The maximum absolute atomic E-state index is 12.9. The highest BCUT2D eigenvalue weighted by molar-refractivity contribution is 7.89. The molecular formula is C15H21FN2O4S. The molecule has 0 bridgehead atoms. The number of piperazine rings is 1. The second-order valence-electron chi connectivity index (χ2n) is 5.32. The molecule has 128 valence electrons. The van der Waals surface area contributed by atoms with Crippen LogP contribution >= 0.6 is 0 Å². The molecule has 0 N–H and O–H groups in total. The maximum Gasteiger partial charge on any atom is 0.323 e. The third kappa shape index (κ3) is 4.07. The van der Waals surface area contributed by atoms with E-state index in [0.717, 1.165) is 12.1 Å². The molecule has 1 saturated heterocycles. The van der Waals surface area contributed by atoms with Gasteiger partial charge >= 0.3 is 5.97 Å². The Labute approximate surface area is 135 Å². The first-order valence-electron chi connectivity index (χ1n) is 7.52. The predicted octanol–water partition coefficient (Wildman–Crippen LogP) is 1.08. The SMILES string of the molecule is CCOC(=O)[C@H](C)N1CCN(S(=O)(=O)c2ccc(F)cc2)CC1. The van der Waals surface area contributed by atoms with Crippen LogP contribution in [-0.4, -0.2) is 62.4 Å². The molecule has 8 heteroatoms. The molecule has 1 atom stereocenters. The lowest BCUT2D eigenvalue weighted by atomic mass is 10.2. The summed E-state index contributed by atoms with van der Waals surface area (Å²) in [5.74, 6) is -0.778. The maximum atomic E-state index is 12.9. The van der Waals surface area contributed by atoms with Crippen molar-refractivity contribution in [1.29, 1.82) is 0 Å². The van der Waals surface area contributed by atoms with Crippen LogP contribution in [0.5, 0.6) is 0 Å². The van der Waals surface area contributed by atoms with Crippen LogP contribution in [-0.2, 0) is 19.6 Å². The van der Waals surface area contributed by atoms with Gasteiger partial charge in [-0.15, -0.1) is 0 Å². The second kappa shape index (κ2) is 7.37. The van der Waals surface area contributed by atoms with Crippen LogP contribution < -0.4 is 0 Å². The molecule has 0 saturated carbocycles. The number of ether oxygens (including phenoxy) is 1. The minimum Gasteiger partial charge on any atom is -0.465 e. The van der Waals surface area contributed by atoms with Gasteiger partial charge in [-0.3, -0.25) is 9.69 Å². The van der Waals surface area contributed by atoms with E-state index >= 15 is 0 Å². The summed E-state index contributed by atoms with van der Waals surface area (Å²) in [7, 11) is -3.63. The van der Waals surface area contributed by atoms with E-state index in [4.69, 9.17) is 4.74 Å². The number of hydrogen-bond acceptors (Lipinski definition) is 5. The molecular weight excluding hydrogens is 323 g/mol. The molecule has 0 aliphatic carbocycles. The van der Waals surface area contributed by atoms with Crippen molar-refractivity contribution in [3.05, 3.63) is 30.1 Å². The van der Waals surface area contributed by atoms with E-state index in [1.807, 2.05) is 4.90 Å². The molecule has 6 nitrogen and oxygen atoms in total. The molecule has 1 aromatic carbocycles. The fourth-order valence-corrected chi connectivity index (χ4v) is 3.92. The van der Waals surface area contributed by atoms with Crippen molar-refractivity contribution in [2.24, 2.45) is 0 Å². The number of esters is 1. The Morgan fingerprint density at radius 3 is 2.30 bits per heavy atom. The smallest absolute Gasteiger partial charge is 0.323 e. The largest absolute Gasteiger partial charge is 0.465 e. The zero-order valence-corrected chi connectivity index (χ0v) is 14.1. The van der Waals surface area contributed by atoms with Crippen LogP contribution in [0.15, 0.2) is 29.2 Å². The van der Waals surface area contributed by atoms with Gasteiger partial charge in [-0.1, -0.05) is 0 Å². The van der Waals surface area contributed by atoms with E-state index in [2.05, 4.69) is 0 Å². The quantitative estimate of drug-likeness (QED) is 0.748. The van der Waals surface area contributed by atoms with Crippen LogP contribution in [0.25, 0.3) is 0 Å². The Hall–Kier alpha value is -1.51. The topological polar surface area (TPSA) is 66.9 Å². The number of carbonyl (C=O) groups excluding carboxylic acids is 1. The summed E-state index contributed by atoms with van der Waals surface area (Å²) in [6.07, 6.45) is 0. The Morgan fingerprint density at radius 2 is 1.78 bits per heavy atom. The molecule has 0 radical (unpaired) electrons. The van der Waals surface area contributed by atoms with Crippen LogP contribution in [0.3, 0.4) is 0 Å². The summed E-state index contributed by atoms with van der Waals surface area (Å²) < 4.78 is 44.3. The van der Waals surface area contributed by atoms with Gasteiger partial charge in [0.15, 0.2) is 0 Å². The average molecular weight is 344 g/mol. The Balaban J connectivity index is 2.01. The van der Waals surface area contributed by atoms with Crippen LogP contribution in [0, 0.1) is 5.82 Å². The number of sulfonamides is 1. The van der Waals surface area contributed by atoms with Gasteiger partial charge in [0.05, 0.1) is 11.5 Å². The lowest BCUT2D eigenvalue weighted by molar-refractivity contribution is -0.149. The highest BCUT2D eigenvalue weighted by atomic mass is 32.2. The van der Waals surface area contributed by atoms with E-state index in [-0.39, 0.29) is 24.0 Å². The van der Waals surface area contributed by atoms with Gasteiger partial charge in [0.25, 0.3) is 0 Å². The second-order valence-corrected chi connectivity index (χ2v) is 7.26. The first kappa shape index (κ1) is 17.8. The van der Waals surface area contributed by atoms with Crippen molar-refractivity contribution in [2.45, 2.75) is 24.8 Å². The third-order valence-corrected chi connectivity index (χ3v) is 5.81. The summed E-state index contributed by atoms with van der Waals surface area (Å²) in [5, 5.41) is 0. The summed E-state index contributed by atoms with van der Waals surface area (Å²) in [4.78, 5) is 13.7. The number of rotatable bonds is 5. The minimum atomic E-state index is -3.63. The molecule has 1 aliphatic heterocycles. The summed E-state index contributed by atoms with van der Waals surface area (Å²) in [5.41, 5.74) is 0. The summed E-state index contributed by atoms with van der Waals surface area (Å²) in [6, 6.07) is 4.39. The highest BCUT2D eigenvalue weighted by Crippen LogP contribution is 2.19. The molecule has 2 rings (SSSR count). The number of carbonyl (C=O) groups is 1. The predicted molar refractivity (Wildman–Crippen MR) is 82.8 cm³/mol. The molecule has 1 fully saturated rings. The number of halogens is 1. The van der Waals surface area contributed by atoms with Crippen molar-refractivity contribution < 1.29 is 22.3 Å². The van der Waals surface area contributed by atoms with Gasteiger partial charge in [0, 0.05) is 26.2 Å². The van der Waals surface area contributed by atoms with E-state index in [1.54, 1.807) is 13.8 Å². The van der Waals surface area contributed by atoms with Gasteiger partial charge < -0.3 is 4.74 Å². The highest BCUT2D eigenvalue weighted by Gasteiger charge is 2.32. The molecule has 1 heterocycles. The summed E-state index contributed by atoms with van der Waals surface area (Å²) >= 11 is 0. The van der Waals surface area contributed by atoms with Crippen LogP contribution in [0.1, 0.15) is 13.8 Å². The molecule has 1 aliphatic rings. The minimum absolute atomic E-state index is 0.0748. The van der Waals surface area contributed by atoms with E-state index in [9.17, 15) is 17.6 Å². The molecule has 0 spiro atoms. The Kier molecular flexibility index (Phi) is 5.72. The van der Waals surface area contributed by atoms with Crippen LogP contribution in [0.4, 0.5) is 4.39 Å². The van der Waals surface area contributed by atoms with Crippen molar-refractivity contribution in [2.75, 3.05) is 32.8 Å². The van der Waals surface area contributed by atoms with Gasteiger partial charge in [0.2, 0.25) is 10.0 Å². The van der Waals surface area contributed by atoms with E-state index < -0.39 is 21.9 Å². The zero-order valence-electron chi connectivity index (χ0n) is 13.2. The average Bonchev–Trinajstić information content (AvgIpc) is 2.55. The Bertz CT molecular complexity index is 640. The van der Waals surface area contributed by atoms with E-state index in [1.165, 1.54) is 16.4 Å². The fraction of sp³-hybridized carbons (Fsp3) is 0.533. The molecule has 0 unspecified atom stereocenters. The standard InChI is InChI=1S/C15H21FN2O4S/c1-3-22-15(19)12(2)17-8-10-18(11-9-17)23(20,21)14-6-4-13(16)5-7-14/h4-7,12H,3,8-11H2,1-2H3/t12-/m0/s1. The molecule has 0 aromatic heterocycles. The fourth-order valence-electron chi connectivity index (χ4n) is 2.50. The summed E-state index contributed by atoms with van der Waals surface area (Å²) in [6.45, 7) is 5.27. The molecule has 1 aromatic rings. The number of benzene rings is 1. The van der Waals surface area contributed by atoms with Crippen molar-refractivity contribution >= 4 is 16.0 Å². The molecule has 23 heavy (non-hydrogen) atoms. The monoisotopic (exact) mass is 344 g/mol. The first-order chi connectivity index (χ1) is 10.9. The van der Waals surface area contributed by atoms with Gasteiger partial charge in [-0.25, -0.2) is 12.8 Å². The zero-order chi connectivity index (χ0) is 17.0. The van der Waals surface area contributed by atoms with Crippen molar-refractivity contribution in [3.8, 4) is 0 Å². The van der Waals surface area contributed by atoms with Crippen molar-refractivity contribution in [1.82, 2.24) is 9.21 Å². The Morgan fingerprint density at radius 1 is 1.22 bits per heavy atom. The lowest BCUT2D eigenvalue weighted by Crippen LogP contribution is -2.53. The van der Waals surface area contributed by atoms with Crippen molar-refractivity contribution in [3.63, 3.8) is 0 Å². The van der Waals surface area contributed by atoms with Gasteiger partial charge in [-0.2, -0.15) is 4.31 Å². The number of nitrogens with zero attached hydrogens (tertiary/aromatic N) is 2.